The maximum atomic E-state index is 14.2. The lowest BCUT2D eigenvalue weighted by Gasteiger charge is -2.34. The van der Waals surface area contributed by atoms with Crippen LogP contribution in [0.5, 0.6) is 0 Å². The number of nitrogens with two attached hydrogens (primary N) is 1. The van der Waals surface area contributed by atoms with Crippen LogP contribution in [0.4, 0.5) is 43.7 Å². The average molecular weight is 950 g/mol. The first-order chi connectivity index (χ1) is 33.6. The molecule has 0 spiro atoms. The third kappa shape index (κ3) is 10.2. The molecule has 2 aliphatic rings. The molecule has 2 unspecified atom stereocenters. The number of H-pyrrole nitrogens is 2. The zero-order valence-electron chi connectivity index (χ0n) is 36.7. The number of amides is 7. The highest BCUT2D eigenvalue weighted by molar-refractivity contribution is 8.01. The van der Waals surface area contributed by atoms with E-state index in [1.54, 1.807) is 28.0 Å². The topological polar surface area (TPSA) is 198 Å². The van der Waals surface area contributed by atoms with Crippen LogP contribution >= 0.6 is 23.5 Å². The smallest absolute Gasteiger partial charge is 0.323 e. The van der Waals surface area contributed by atoms with E-state index < -0.39 is 28.5 Å². The summed E-state index contributed by atoms with van der Waals surface area (Å²) in [5.74, 6) is 5.57. The number of aromatic nitrogens is 2. The molecule has 69 heavy (non-hydrogen) atoms. The number of anilines is 6. The van der Waals surface area contributed by atoms with Gasteiger partial charge in [0.1, 0.15) is 0 Å². The van der Waals surface area contributed by atoms with Crippen molar-refractivity contribution in [2.45, 2.75) is 46.2 Å². The van der Waals surface area contributed by atoms with Gasteiger partial charge in [-0.05, 0) is 95.2 Å². The Kier molecular flexibility index (Phi) is 12.5. The van der Waals surface area contributed by atoms with Crippen molar-refractivity contribution in [2.75, 3.05) is 31.1 Å². The fourth-order valence-electron chi connectivity index (χ4n) is 8.33. The van der Waals surface area contributed by atoms with Crippen molar-refractivity contribution < 1.29 is 24.0 Å². The quantitative estimate of drug-likeness (QED) is 0.0626. The minimum atomic E-state index is -0.648. The van der Waals surface area contributed by atoms with Crippen LogP contribution in [0.2, 0.25) is 0 Å². The van der Waals surface area contributed by atoms with Gasteiger partial charge in [0.25, 0.3) is 0 Å². The third-order valence-electron chi connectivity index (χ3n) is 11.6. The number of hydrogen-bond donors (Lipinski definition) is 7. The summed E-state index contributed by atoms with van der Waals surface area (Å²) < 4.78 is 0. The molecule has 342 valence electrons. The number of fused-ring (bicyclic) bond motifs is 4. The van der Waals surface area contributed by atoms with Gasteiger partial charge >= 0.3 is 12.1 Å². The second-order valence-corrected chi connectivity index (χ2v) is 19.0. The van der Waals surface area contributed by atoms with Crippen molar-refractivity contribution in [3.63, 3.8) is 0 Å². The summed E-state index contributed by atoms with van der Waals surface area (Å²) in [5.41, 5.74) is 13.2. The fraction of sp³-hybridized carbons (Fsp3) is 0.113. The van der Waals surface area contributed by atoms with Gasteiger partial charge in [0.15, 0.2) is 0 Å². The van der Waals surface area contributed by atoms with Gasteiger partial charge in [-0.15, -0.1) is 23.5 Å². The van der Waals surface area contributed by atoms with Gasteiger partial charge in [-0.1, -0.05) is 78.7 Å². The van der Waals surface area contributed by atoms with E-state index in [-0.39, 0.29) is 31.2 Å². The first-order valence-electron chi connectivity index (χ1n) is 22.0. The van der Waals surface area contributed by atoms with Gasteiger partial charge in [-0.25, -0.2) is 9.59 Å². The highest BCUT2D eigenvalue weighted by atomic mass is 32.2. The zero-order valence-corrected chi connectivity index (χ0v) is 38.4. The average Bonchev–Trinajstić information content (AvgIpc) is 3.99. The number of benzene rings is 6. The Morgan fingerprint density at radius 1 is 0.580 bits per heavy atom. The maximum absolute atomic E-state index is 14.2. The number of thioether (sulfide) groups is 2. The highest BCUT2D eigenvalue weighted by Crippen LogP contribution is 2.44. The van der Waals surface area contributed by atoms with E-state index in [1.165, 1.54) is 23.5 Å². The van der Waals surface area contributed by atoms with E-state index in [0.717, 1.165) is 42.7 Å². The molecular formula is C53H43N9O5S2. The van der Waals surface area contributed by atoms with Crippen molar-refractivity contribution in [3.05, 3.63) is 169 Å². The molecule has 14 nitrogen and oxygen atoms in total. The number of carbonyl (C=O) groups is 5. The van der Waals surface area contributed by atoms with Crippen molar-refractivity contribution in [1.82, 2.24) is 9.97 Å². The number of nitrogens with zero attached hydrogens (tertiary/aromatic N) is 2. The Bertz CT molecular complexity index is 3360. The Hall–Kier alpha value is -8.39. The molecule has 0 radical (unpaired) electrons. The Morgan fingerprint density at radius 3 is 1.67 bits per heavy atom. The molecule has 8 aromatic rings. The molecule has 4 heterocycles. The molecule has 0 fully saturated rings. The molecule has 6 aromatic carbocycles. The number of primary amides is 1. The number of carbonyl (C=O) groups excluding carboxylic acids is 5. The van der Waals surface area contributed by atoms with E-state index in [4.69, 9.17) is 5.73 Å². The van der Waals surface area contributed by atoms with Gasteiger partial charge in [0.2, 0.25) is 17.7 Å². The van der Waals surface area contributed by atoms with Crippen LogP contribution in [-0.2, 0) is 27.5 Å². The summed E-state index contributed by atoms with van der Waals surface area (Å²) in [5, 5.41) is 12.4. The van der Waals surface area contributed by atoms with Crippen molar-refractivity contribution >= 4 is 109 Å². The largest absolute Gasteiger partial charge is 0.370 e. The summed E-state index contributed by atoms with van der Waals surface area (Å²) in [6.07, 6.45) is 2.05. The van der Waals surface area contributed by atoms with E-state index in [2.05, 4.69) is 43.1 Å². The minimum absolute atomic E-state index is 0.0836. The van der Waals surface area contributed by atoms with Gasteiger partial charge < -0.3 is 46.8 Å². The van der Waals surface area contributed by atoms with Crippen LogP contribution in [-0.4, -0.2) is 50.3 Å². The van der Waals surface area contributed by atoms with Crippen molar-refractivity contribution in [1.29, 1.82) is 0 Å². The predicted molar refractivity (Wildman–Crippen MR) is 275 cm³/mol. The van der Waals surface area contributed by atoms with Gasteiger partial charge in [0.05, 0.1) is 40.7 Å². The summed E-state index contributed by atoms with van der Waals surface area (Å²) >= 11 is 2.74. The van der Waals surface area contributed by atoms with Crippen molar-refractivity contribution in [2.24, 2.45) is 5.73 Å². The minimum Gasteiger partial charge on any atom is -0.370 e. The fourth-order valence-corrected chi connectivity index (χ4v) is 10.7. The van der Waals surface area contributed by atoms with Gasteiger partial charge in [-0.3, -0.25) is 14.4 Å². The molecule has 2 atom stereocenters. The first-order valence-corrected chi connectivity index (χ1v) is 23.8. The molecule has 16 heteroatoms. The van der Waals surface area contributed by atoms with Crippen LogP contribution < -0.4 is 36.8 Å². The van der Waals surface area contributed by atoms with E-state index in [9.17, 15) is 24.0 Å². The number of urea groups is 2. The van der Waals surface area contributed by atoms with Crippen LogP contribution in [0.25, 0.3) is 21.8 Å². The Balaban J connectivity index is 0.800. The first kappa shape index (κ1) is 44.4. The van der Waals surface area contributed by atoms with E-state index in [1.807, 2.05) is 134 Å². The second kappa shape index (κ2) is 19.4. The molecule has 8 N–H and O–H groups in total. The van der Waals surface area contributed by atoms with E-state index >= 15 is 0 Å². The lowest BCUT2D eigenvalue weighted by Crippen LogP contribution is -2.42. The zero-order chi connectivity index (χ0) is 47.4. The predicted octanol–water partition coefficient (Wildman–Crippen LogP) is 10.3. The number of hydrogen-bond acceptors (Lipinski definition) is 7. The SMILES string of the molecule is NC(=O)CC1Sc2ccc(NC(=O)Nc3ccc4cc(C#CCC5Sc6ccc(NC(=O)Nc7ccc8cc[nH]c8c7)cc6N(Cc6ccccc6)C5=O)[nH]c4c3)cc2N(Cc2ccccc2)C1=O. The maximum Gasteiger partial charge on any atom is 0.323 e. The molecular weight excluding hydrogens is 907 g/mol. The summed E-state index contributed by atoms with van der Waals surface area (Å²) in [4.78, 5) is 77.6. The lowest BCUT2D eigenvalue weighted by molar-refractivity contribution is -0.123. The molecule has 7 amide bonds. The van der Waals surface area contributed by atoms with Gasteiger partial charge in [-0.2, -0.15) is 0 Å². The van der Waals surface area contributed by atoms with Crippen molar-refractivity contribution in [3.8, 4) is 11.8 Å². The Morgan fingerprint density at radius 2 is 1.09 bits per heavy atom. The van der Waals surface area contributed by atoms with Crippen LogP contribution in [0.1, 0.15) is 29.7 Å². The Labute approximate surface area is 404 Å². The van der Waals surface area contributed by atoms with Crippen LogP contribution in [0.15, 0.2) is 162 Å². The van der Waals surface area contributed by atoms with Gasteiger partial charge in [0, 0.05) is 68.0 Å². The molecule has 0 bridgehead atoms. The normalized spacial score (nSPS) is 15.2. The van der Waals surface area contributed by atoms with Crippen LogP contribution in [0.3, 0.4) is 0 Å². The van der Waals surface area contributed by atoms with E-state index in [0.29, 0.717) is 46.4 Å². The number of aromatic amines is 2. The molecule has 0 saturated carbocycles. The molecule has 0 saturated heterocycles. The summed E-state index contributed by atoms with van der Waals surface area (Å²) in [6.45, 7) is 0.636. The molecule has 2 aliphatic heterocycles. The summed E-state index contributed by atoms with van der Waals surface area (Å²) in [6, 6.07) is 44.4. The molecule has 10 rings (SSSR count). The number of nitrogens with one attached hydrogen (secondary N) is 6. The molecule has 2 aromatic heterocycles. The highest BCUT2D eigenvalue weighted by Gasteiger charge is 2.36. The molecule has 0 aliphatic carbocycles. The number of rotatable bonds is 11. The van der Waals surface area contributed by atoms with Crippen LogP contribution in [0, 0.1) is 11.8 Å². The standard InChI is InChI=1S/C53H43N9O5S2/c54-49(63)29-48-51(65)62(31-33-10-5-2-6-11-33)44-28-40(19-21-46(44)69-48)60-53(67)58-38-17-15-35-24-36(56-42(35)26-38)12-7-13-47-50(64)61(30-32-8-3-1-4-9-32)43-27-39(18-20-45(43)68-47)59-52(66)57-37-16-14-34-22-23-55-41(34)25-37/h1-6,8-11,14-28,47-48,55-56H,13,29-31H2,(H2,54,63)(H2,57,59,66)(H2,58,60,67). The lowest BCUT2D eigenvalue weighted by atomic mass is 10.1. The second-order valence-electron chi connectivity index (χ2n) is 16.5. The monoisotopic (exact) mass is 949 g/mol. The third-order valence-corrected chi connectivity index (χ3v) is 14.1. The summed E-state index contributed by atoms with van der Waals surface area (Å²) in [7, 11) is 0.